The number of benzene rings is 2. The highest BCUT2D eigenvalue weighted by Crippen LogP contribution is 2.28. The van der Waals surface area contributed by atoms with Gasteiger partial charge in [-0.05, 0) is 68.3 Å². The second-order valence-electron chi connectivity index (χ2n) is 6.44. The Morgan fingerprint density at radius 3 is 2.31 bits per heavy atom. The van der Waals surface area contributed by atoms with Gasteiger partial charge in [0.05, 0.1) is 31.6 Å². The zero-order valence-electron chi connectivity index (χ0n) is 18.3. The number of anilines is 1. The quantitative estimate of drug-likeness (QED) is 0.253. The number of amides is 2. The van der Waals surface area contributed by atoms with E-state index in [1.54, 1.807) is 25.1 Å². The average molecular weight is 441 g/mol. The van der Waals surface area contributed by atoms with E-state index < -0.39 is 17.8 Å². The van der Waals surface area contributed by atoms with Crippen LogP contribution in [0.25, 0.3) is 0 Å². The van der Waals surface area contributed by atoms with Gasteiger partial charge in [-0.2, -0.15) is 5.10 Å². The molecule has 0 fully saturated rings. The third kappa shape index (κ3) is 7.42. The Hall–Kier alpha value is -3.88. The molecule has 0 aliphatic heterocycles. The summed E-state index contributed by atoms with van der Waals surface area (Å²) in [6, 6.07) is 11.2. The van der Waals surface area contributed by atoms with E-state index in [0.717, 1.165) is 6.42 Å². The van der Waals surface area contributed by atoms with Crippen molar-refractivity contribution >= 4 is 29.7 Å². The van der Waals surface area contributed by atoms with Crippen LogP contribution in [0.5, 0.6) is 11.5 Å². The minimum atomic E-state index is -0.941. The van der Waals surface area contributed by atoms with Crippen LogP contribution < -0.4 is 20.2 Å². The molecular weight excluding hydrogens is 414 g/mol. The van der Waals surface area contributed by atoms with Gasteiger partial charge in [-0.1, -0.05) is 6.92 Å². The van der Waals surface area contributed by atoms with Gasteiger partial charge < -0.3 is 19.5 Å². The van der Waals surface area contributed by atoms with E-state index in [1.807, 2.05) is 13.8 Å². The molecule has 170 valence electrons. The van der Waals surface area contributed by atoms with Gasteiger partial charge in [0, 0.05) is 5.69 Å². The molecule has 2 aromatic rings. The normalized spacial score (nSPS) is 10.5. The summed E-state index contributed by atoms with van der Waals surface area (Å²) in [5.41, 5.74) is 3.53. The molecule has 0 bridgehead atoms. The fraction of sp³-hybridized carbons (Fsp3) is 0.304. The van der Waals surface area contributed by atoms with Crippen LogP contribution in [0.2, 0.25) is 0 Å². The second-order valence-corrected chi connectivity index (χ2v) is 6.44. The zero-order chi connectivity index (χ0) is 23.3. The van der Waals surface area contributed by atoms with E-state index in [-0.39, 0.29) is 6.61 Å². The van der Waals surface area contributed by atoms with Crippen molar-refractivity contribution in [3.05, 3.63) is 53.6 Å². The molecule has 0 aromatic heterocycles. The van der Waals surface area contributed by atoms with Crippen molar-refractivity contribution < 1.29 is 28.6 Å². The molecule has 0 unspecified atom stereocenters. The van der Waals surface area contributed by atoms with Gasteiger partial charge >= 0.3 is 17.8 Å². The van der Waals surface area contributed by atoms with Gasteiger partial charge in [0.1, 0.15) is 0 Å². The predicted octanol–water partition coefficient (Wildman–Crippen LogP) is 3.14. The van der Waals surface area contributed by atoms with Gasteiger partial charge in [-0.15, -0.1) is 0 Å². The van der Waals surface area contributed by atoms with Crippen LogP contribution in [0.3, 0.4) is 0 Å². The standard InChI is InChI=1S/C23H27N3O6/c1-4-13-32-19-12-7-16(14-20(19)30-5-2)15-24-26-22(28)21(27)25-18-10-8-17(9-11-18)23(29)31-6-3/h7-12,14-15H,4-6,13H2,1-3H3,(H,25,27)(H,26,28)/b24-15-. The number of nitrogens with zero attached hydrogens (tertiary/aromatic N) is 1. The molecule has 2 rings (SSSR count). The summed E-state index contributed by atoms with van der Waals surface area (Å²) >= 11 is 0. The minimum Gasteiger partial charge on any atom is -0.490 e. The van der Waals surface area contributed by atoms with Crippen molar-refractivity contribution in [2.45, 2.75) is 27.2 Å². The predicted molar refractivity (Wildman–Crippen MR) is 120 cm³/mol. The van der Waals surface area contributed by atoms with Gasteiger partial charge in [-0.25, -0.2) is 10.2 Å². The van der Waals surface area contributed by atoms with Crippen LogP contribution in [0.4, 0.5) is 5.69 Å². The van der Waals surface area contributed by atoms with E-state index in [1.165, 1.54) is 30.5 Å². The lowest BCUT2D eigenvalue weighted by molar-refractivity contribution is -0.136. The van der Waals surface area contributed by atoms with E-state index in [2.05, 4.69) is 15.8 Å². The highest BCUT2D eigenvalue weighted by atomic mass is 16.5. The van der Waals surface area contributed by atoms with E-state index in [0.29, 0.717) is 41.5 Å². The summed E-state index contributed by atoms with van der Waals surface area (Å²) in [6.07, 6.45) is 2.27. The minimum absolute atomic E-state index is 0.266. The summed E-state index contributed by atoms with van der Waals surface area (Å²) in [7, 11) is 0. The molecule has 0 atom stereocenters. The molecule has 9 heteroatoms. The van der Waals surface area contributed by atoms with Crippen LogP contribution in [0.15, 0.2) is 47.6 Å². The zero-order valence-corrected chi connectivity index (χ0v) is 18.3. The topological polar surface area (TPSA) is 115 Å². The van der Waals surface area contributed by atoms with Gasteiger partial charge in [0.25, 0.3) is 0 Å². The maximum absolute atomic E-state index is 12.0. The van der Waals surface area contributed by atoms with Crippen LogP contribution in [-0.4, -0.2) is 43.8 Å². The van der Waals surface area contributed by atoms with Crippen molar-refractivity contribution in [1.82, 2.24) is 5.43 Å². The molecule has 2 aromatic carbocycles. The van der Waals surface area contributed by atoms with E-state index >= 15 is 0 Å². The number of hydrogen-bond acceptors (Lipinski definition) is 7. The van der Waals surface area contributed by atoms with Crippen molar-refractivity contribution in [1.29, 1.82) is 0 Å². The lowest BCUT2D eigenvalue weighted by Gasteiger charge is -2.11. The number of carbonyl (C=O) groups is 3. The molecule has 2 amide bonds. The van der Waals surface area contributed by atoms with Crippen molar-refractivity contribution in [2.24, 2.45) is 5.10 Å². The summed E-state index contributed by atoms with van der Waals surface area (Å²) < 4.78 is 16.1. The van der Waals surface area contributed by atoms with Gasteiger partial charge in [-0.3, -0.25) is 9.59 Å². The lowest BCUT2D eigenvalue weighted by atomic mass is 10.2. The maximum Gasteiger partial charge on any atom is 0.338 e. The van der Waals surface area contributed by atoms with E-state index in [9.17, 15) is 14.4 Å². The Kier molecular flexibility index (Phi) is 9.70. The third-order valence-corrected chi connectivity index (χ3v) is 3.97. The number of hydrazone groups is 1. The first kappa shape index (κ1) is 24.4. The van der Waals surface area contributed by atoms with Gasteiger partial charge in [0.15, 0.2) is 11.5 Å². The second kappa shape index (κ2) is 12.7. The van der Waals surface area contributed by atoms with Crippen LogP contribution in [0, 0.1) is 0 Å². The molecule has 0 heterocycles. The van der Waals surface area contributed by atoms with Crippen molar-refractivity contribution in [2.75, 3.05) is 25.1 Å². The molecule has 0 radical (unpaired) electrons. The number of carbonyl (C=O) groups excluding carboxylic acids is 3. The molecule has 32 heavy (non-hydrogen) atoms. The first-order valence-corrected chi connectivity index (χ1v) is 10.3. The Bertz CT molecular complexity index is 957. The highest BCUT2D eigenvalue weighted by Gasteiger charge is 2.14. The molecule has 0 aliphatic rings. The molecule has 0 aliphatic carbocycles. The molecule has 9 nitrogen and oxygen atoms in total. The fourth-order valence-corrected chi connectivity index (χ4v) is 2.51. The van der Waals surface area contributed by atoms with E-state index in [4.69, 9.17) is 14.2 Å². The first-order chi connectivity index (χ1) is 15.5. The Labute approximate surface area is 186 Å². The number of esters is 1. The molecule has 0 saturated heterocycles. The maximum atomic E-state index is 12.0. The Balaban J connectivity index is 1.93. The number of ether oxygens (including phenoxy) is 3. The Morgan fingerprint density at radius 1 is 0.906 bits per heavy atom. The molecule has 0 saturated carbocycles. The monoisotopic (exact) mass is 441 g/mol. The molecular formula is C23H27N3O6. The summed E-state index contributed by atoms with van der Waals surface area (Å²) in [6.45, 7) is 6.90. The van der Waals surface area contributed by atoms with Crippen molar-refractivity contribution in [3.8, 4) is 11.5 Å². The Morgan fingerprint density at radius 2 is 1.66 bits per heavy atom. The SMILES string of the molecule is CCCOc1ccc(/C=N\NC(=O)C(=O)Nc2ccc(C(=O)OCC)cc2)cc1OCC. The highest BCUT2D eigenvalue weighted by molar-refractivity contribution is 6.39. The lowest BCUT2D eigenvalue weighted by Crippen LogP contribution is -2.32. The van der Waals surface area contributed by atoms with Gasteiger partial charge in [0.2, 0.25) is 0 Å². The summed E-state index contributed by atoms with van der Waals surface area (Å²) in [5, 5.41) is 6.24. The third-order valence-electron chi connectivity index (χ3n) is 3.97. The molecule has 2 N–H and O–H groups in total. The van der Waals surface area contributed by atoms with Crippen LogP contribution in [-0.2, 0) is 14.3 Å². The first-order valence-electron chi connectivity index (χ1n) is 10.3. The largest absolute Gasteiger partial charge is 0.490 e. The summed E-state index contributed by atoms with van der Waals surface area (Å²) in [5.74, 6) is -1.11. The van der Waals surface area contributed by atoms with Crippen LogP contribution in [0.1, 0.15) is 43.1 Å². The van der Waals surface area contributed by atoms with Crippen LogP contribution >= 0.6 is 0 Å². The van der Waals surface area contributed by atoms with Crippen molar-refractivity contribution in [3.63, 3.8) is 0 Å². The number of rotatable bonds is 10. The number of hydrogen-bond donors (Lipinski definition) is 2. The average Bonchev–Trinajstić information content (AvgIpc) is 2.79. The number of nitrogens with one attached hydrogen (secondary N) is 2. The summed E-state index contributed by atoms with van der Waals surface area (Å²) in [4.78, 5) is 35.7. The molecule has 0 spiro atoms. The fourth-order valence-electron chi connectivity index (χ4n) is 2.51. The smallest absolute Gasteiger partial charge is 0.338 e.